The van der Waals surface area contributed by atoms with Crippen LogP contribution in [0.3, 0.4) is 0 Å². The summed E-state index contributed by atoms with van der Waals surface area (Å²) in [6, 6.07) is 10.1. The maximum Gasteiger partial charge on any atom is 0.251 e. The highest BCUT2D eigenvalue weighted by Gasteiger charge is 2.21. The van der Waals surface area contributed by atoms with Crippen molar-refractivity contribution in [2.45, 2.75) is 26.3 Å². The van der Waals surface area contributed by atoms with Crippen LogP contribution in [0.15, 0.2) is 35.7 Å². The third-order valence-corrected chi connectivity index (χ3v) is 4.84. The summed E-state index contributed by atoms with van der Waals surface area (Å²) in [6.07, 6.45) is 0.995. The molecule has 0 saturated carbocycles. The normalized spacial score (nSPS) is 14.6. The Morgan fingerprint density at radius 2 is 2.19 bits per heavy atom. The van der Waals surface area contributed by atoms with E-state index in [0.29, 0.717) is 5.92 Å². The number of carbonyl (C=O) groups excluding carboxylic acids is 1. The Morgan fingerprint density at radius 3 is 2.90 bits per heavy atom. The number of benzene rings is 1. The molecule has 0 saturated heterocycles. The smallest absolute Gasteiger partial charge is 0.251 e. The Balaban J connectivity index is 1.78. The summed E-state index contributed by atoms with van der Waals surface area (Å²) in [7, 11) is 0. The van der Waals surface area contributed by atoms with Gasteiger partial charge in [0.15, 0.2) is 0 Å². The molecule has 1 aliphatic rings. The summed E-state index contributed by atoms with van der Waals surface area (Å²) in [5.74, 6) is 0.375. The molecule has 0 spiro atoms. The van der Waals surface area contributed by atoms with Gasteiger partial charge in [-0.3, -0.25) is 4.79 Å². The van der Waals surface area contributed by atoms with E-state index >= 15 is 0 Å². The first kappa shape index (κ1) is 14.1. The average Bonchev–Trinajstić information content (AvgIpc) is 3.14. The SMILES string of the molecule is CC(C)C(NC(=O)c1ccc2c(c1)CCN2)c1cccs1. The van der Waals surface area contributed by atoms with Crippen LogP contribution in [-0.4, -0.2) is 12.5 Å². The minimum absolute atomic E-state index is 0.0109. The van der Waals surface area contributed by atoms with Gasteiger partial charge in [-0.25, -0.2) is 0 Å². The molecule has 0 fully saturated rings. The zero-order chi connectivity index (χ0) is 14.8. The van der Waals surface area contributed by atoms with Crippen LogP contribution in [-0.2, 0) is 6.42 Å². The van der Waals surface area contributed by atoms with Crippen molar-refractivity contribution in [1.29, 1.82) is 0 Å². The van der Waals surface area contributed by atoms with Gasteiger partial charge in [0, 0.05) is 22.7 Å². The topological polar surface area (TPSA) is 41.1 Å². The summed E-state index contributed by atoms with van der Waals surface area (Å²) < 4.78 is 0. The second kappa shape index (κ2) is 5.90. The number of anilines is 1. The fourth-order valence-electron chi connectivity index (χ4n) is 2.71. The molecule has 110 valence electrons. The van der Waals surface area contributed by atoms with E-state index in [1.807, 2.05) is 24.3 Å². The molecule has 0 aliphatic carbocycles. The Kier molecular flexibility index (Phi) is 3.97. The third kappa shape index (κ3) is 2.95. The number of nitrogens with one attached hydrogen (secondary N) is 2. The van der Waals surface area contributed by atoms with Crippen LogP contribution >= 0.6 is 11.3 Å². The first-order chi connectivity index (χ1) is 10.1. The first-order valence-electron chi connectivity index (χ1n) is 7.36. The number of hydrogen-bond donors (Lipinski definition) is 2. The van der Waals surface area contributed by atoms with E-state index in [4.69, 9.17) is 0 Å². The van der Waals surface area contributed by atoms with Crippen LogP contribution in [0.2, 0.25) is 0 Å². The quantitative estimate of drug-likeness (QED) is 0.900. The molecule has 1 aromatic carbocycles. The zero-order valence-electron chi connectivity index (χ0n) is 12.3. The highest BCUT2D eigenvalue weighted by Crippen LogP contribution is 2.27. The van der Waals surface area contributed by atoms with Gasteiger partial charge in [-0.1, -0.05) is 19.9 Å². The van der Waals surface area contributed by atoms with Crippen molar-refractivity contribution in [2.24, 2.45) is 5.92 Å². The van der Waals surface area contributed by atoms with Crippen molar-refractivity contribution in [3.05, 3.63) is 51.7 Å². The van der Waals surface area contributed by atoms with Gasteiger partial charge in [-0.05, 0) is 47.5 Å². The lowest BCUT2D eigenvalue weighted by Crippen LogP contribution is -2.31. The van der Waals surface area contributed by atoms with Gasteiger partial charge in [0.2, 0.25) is 0 Å². The Morgan fingerprint density at radius 1 is 1.33 bits per heavy atom. The number of rotatable bonds is 4. The van der Waals surface area contributed by atoms with E-state index in [1.54, 1.807) is 11.3 Å². The molecule has 2 N–H and O–H groups in total. The third-order valence-electron chi connectivity index (χ3n) is 3.88. The molecule has 0 bridgehead atoms. The van der Waals surface area contributed by atoms with Crippen molar-refractivity contribution in [3.8, 4) is 0 Å². The van der Waals surface area contributed by atoms with Crippen molar-refractivity contribution >= 4 is 22.9 Å². The zero-order valence-corrected chi connectivity index (χ0v) is 13.2. The van der Waals surface area contributed by atoms with Crippen molar-refractivity contribution in [2.75, 3.05) is 11.9 Å². The molecule has 1 atom stereocenters. The number of amides is 1. The van der Waals surface area contributed by atoms with Crippen LogP contribution in [0.1, 0.15) is 40.7 Å². The van der Waals surface area contributed by atoms with E-state index in [9.17, 15) is 4.79 Å². The summed E-state index contributed by atoms with van der Waals surface area (Å²) in [5.41, 5.74) is 3.14. The lowest BCUT2D eigenvalue weighted by atomic mass is 10.0. The molecule has 21 heavy (non-hydrogen) atoms. The maximum atomic E-state index is 12.5. The van der Waals surface area contributed by atoms with Gasteiger partial charge >= 0.3 is 0 Å². The molecule has 1 aliphatic heterocycles. The summed E-state index contributed by atoms with van der Waals surface area (Å²) in [6.45, 7) is 5.23. The standard InChI is InChI=1S/C17H20N2OS/c1-11(2)16(15-4-3-9-21-15)19-17(20)13-5-6-14-12(10-13)7-8-18-14/h3-6,9-11,16,18H,7-8H2,1-2H3,(H,19,20). The Hall–Kier alpha value is -1.81. The van der Waals surface area contributed by atoms with Crippen molar-refractivity contribution < 1.29 is 4.79 Å². The highest BCUT2D eigenvalue weighted by molar-refractivity contribution is 7.10. The molecule has 0 radical (unpaired) electrons. The Bertz CT molecular complexity index is 634. The largest absolute Gasteiger partial charge is 0.384 e. The van der Waals surface area contributed by atoms with E-state index < -0.39 is 0 Å². The molecule has 3 rings (SSSR count). The minimum Gasteiger partial charge on any atom is -0.384 e. The van der Waals surface area contributed by atoms with Crippen LogP contribution in [0, 0.1) is 5.92 Å². The molecule has 4 heteroatoms. The molecule has 2 heterocycles. The minimum atomic E-state index is 0.0109. The van der Waals surface area contributed by atoms with Crippen LogP contribution < -0.4 is 10.6 Å². The van der Waals surface area contributed by atoms with Gasteiger partial charge in [0.05, 0.1) is 6.04 Å². The van der Waals surface area contributed by atoms with Gasteiger partial charge in [0.1, 0.15) is 0 Å². The van der Waals surface area contributed by atoms with E-state index in [1.165, 1.54) is 10.4 Å². The van der Waals surface area contributed by atoms with Crippen LogP contribution in [0.25, 0.3) is 0 Å². The number of hydrogen-bond acceptors (Lipinski definition) is 3. The highest BCUT2D eigenvalue weighted by atomic mass is 32.1. The van der Waals surface area contributed by atoms with E-state index in [2.05, 4.69) is 35.9 Å². The molecule has 1 aromatic heterocycles. The molecule has 3 nitrogen and oxygen atoms in total. The van der Waals surface area contributed by atoms with Gasteiger partial charge in [-0.15, -0.1) is 11.3 Å². The number of carbonyl (C=O) groups is 1. The molecular formula is C17H20N2OS. The van der Waals surface area contributed by atoms with Gasteiger partial charge in [0.25, 0.3) is 5.91 Å². The first-order valence-corrected chi connectivity index (χ1v) is 8.24. The molecule has 1 unspecified atom stereocenters. The summed E-state index contributed by atoms with van der Waals surface area (Å²) >= 11 is 1.69. The van der Waals surface area contributed by atoms with E-state index in [-0.39, 0.29) is 11.9 Å². The monoisotopic (exact) mass is 300 g/mol. The average molecular weight is 300 g/mol. The van der Waals surface area contributed by atoms with Crippen molar-refractivity contribution in [3.63, 3.8) is 0 Å². The molecular weight excluding hydrogens is 280 g/mol. The lowest BCUT2D eigenvalue weighted by molar-refractivity contribution is 0.0926. The predicted molar refractivity (Wildman–Crippen MR) is 88.0 cm³/mol. The second-order valence-corrected chi connectivity index (χ2v) is 6.74. The maximum absolute atomic E-state index is 12.5. The summed E-state index contributed by atoms with van der Waals surface area (Å²) in [5, 5.41) is 8.55. The molecule has 2 aromatic rings. The second-order valence-electron chi connectivity index (χ2n) is 5.76. The number of fused-ring (bicyclic) bond motifs is 1. The predicted octanol–water partition coefficient (Wildman–Crippen LogP) is 3.84. The van der Waals surface area contributed by atoms with Crippen LogP contribution in [0.5, 0.6) is 0 Å². The van der Waals surface area contributed by atoms with E-state index in [0.717, 1.165) is 24.2 Å². The van der Waals surface area contributed by atoms with Crippen LogP contribution in [0.4, 0.5) is 5.69 Å². The van der Waals surface area contributed by atoms with Gasteiger partial charge < -0.3 is 10.6 Å². The Labute approximate surface area is 129 Å². The van der Waals surface area contributed by atoms with Gasteiger partial charge in [-0.2, -0.15) is 0 Å². The van der Waals surface area contributed by atoms with Crippen molar-refractivity contribution in [1.82, 2.24) is 5.32 Å². The summed E-state index contributed by atoms with van der Waals surface area (Å²) in [4.78, 5) is 13.7. The molecule has 1 amide bonds. The fourth-order valence-corrected chi connectivity index (χ4v) is 3.65. The fraction of sp³-hybridized carbons (Fsp3) is 0.353. The lowest BCUT2D eigenvalue weighted by Gasteiger charge is -2.21. The number of thiophene rings is 1.